The quantitative estimate of drug-likeness (QED) is 0.835. The number of aromatic nitrogens is 2. The van der Waals surface area contributed by atoms with Crippen LogP contribution in [0, 0.1) is 6.92 Å². The molecule has 0 saturated carbocycles. The first kappa shape index (κ1) is 12.8. The number of rotatable bonds is 4. The fourth-order valence-corrected chi connectivity index (χ4v) is 2.01. The van der Waals surface area contributed by atoms with Gasteiger partial charge in [-0.15, -0.1) is 0 Å². The predicted octanol–water partition coefficient (Wildman–Crippen LogP) is 2.83. The zero-order valence-corrected chi connectivity index (χ0v) is 11.5. The number of nitrogens with zero attached hydrogens (tertiary/aromatic N) is 1. The fraction of sp³-hybridized carbons (Fsp3) is 0.308. The van der Waals surface area contributed by atoms with Gasteiger partial charge in [-0.25, -0.2) is 4.98 Å². The zero-order valence-electron chi connectivity index (χ0n) is 10.7. The van der Waals surface area contributed by atoms with Crippen LogP contribution in [0.15, 0.2) is 18.2 Å². The molecule has 2 rings (SSSR count). The monoisotopic (exact) mass is 264 g/mol. The molecule has 2 aromatic rings. The maximum absolute atomic E-state index is 5.37. The second-order valence-corrected chi connectivity index (χ2v) is 4.20. The van der Waals surface area contributed by atoms with Gasteiger partial charge in [-0.1, -0.05) is 0 Å². The zero-order chi connectivity index (χ0) is 13.1. The summed E-state index contributed by atoms with van der Waals surface area (Å²) in [5.74, 6) is 2.97. The Labute approximate surface area is 112 Å². The van der Waals surface area contributed by atoms with Crippen molar-refractivity contribution in [3.8, 4) is 22.8 Å². The molecule has 0 aliphatic carbocycles. The number of hydrogen-bond acceptors (Lipinski definition) is 4. The molecule has 0 bridgehead atoms. The van der Waals surface area contributed by atoms with Gasteiger partial charge in [-0.3, -0.25) is 0 Å². The maximum atomic E-state index is 5.37. The Kier molecular flexibility index (Phi) is 3.81. The second-order valence-electron chi connectivity index (χ2n) is 3.88. The summed E-state index contributed by atoms with van der Waals surface area (Å²) in [6.45, 7) is 1.98. The molecule has 0 saturated heterocycles. The predicted molar refractivity (Wildman–Crippen MR) is 74.6 cm³/mol. The van der Waals surface area contributed by atoms with Crippen molar-refractivity contribution in [2.24, 2.45) is 0 Å². The van der Waals surface area contributed by atoms with Crippen molar-refractivity contribution in [3.05, 3.63) is 29.7 Å². The average Bonchev–Trinajstić information content (AvgIpc) is 2.79. The maximum Gasteiger partial charge on any atom is 0.128 e. The van der Waals surface area contributed by atoms with Gasteiger partial charge in [-0.05, 0) is 25.1 Å². The van der Waals surface area contributed by atoms with Crippen LogP contribution in [0.3, 0.4) is 0 Å². The summed E-state index contributed by atoms with van der Waals surface area (Å²) in [7, 11) is 3.29. The van der Waals surface area contributed by atoms with E-state index in [0.717, 1.165) is 34.3 Å². The smallest absolute Gasteiger partial charge is 0.128 e. The van der Waals surface area contributed by atoms with E-state index < -0.39 is 0 Å². The molecule has 1 aromatic carbocycles. The highest BCUT2D eigenvalue weighted by Crippen LogP contribution is 2.34. The standard InChI is InChI=1S/C13H16N2O2S/c1-8-13(15-12(7-18)14-8)10-6-9(16-2)4-5-11(10)17-3/h4-6,18H,7H2,1-3H3,(H,14,15). The van der Waals surface area contributed by atoms with E-state index in [2.05, 4.69) is 22.6 Å². The average molecular weight is 264 g/mol. The van der Waals surface area contributed by atoms with Crippen LogP contribution in [-0.2, 0) is 5.75 Å². The van der Waals surface area contributed by atoms with Gasteiger partial charge in [0.25, 0.3) is 0 Å². The normalized spacial score (nSPS) is 10.4. The first-order chi connectivity index (χ1) is 8.69. The minimum absolute atomic E-state index is 0.577. The Morgan fingerprint density at radius 2 is 2.06 bits per heavy atom. The van der Waals surface area contributed by atoms with Crippen LogP contribution in [0.1, 0.15) is 11.5 Å². The van der Waals surface area contributed by atoms with Gasteiger partial charge in [0.2, 0.25) is 0 Å². The van der Waals surface area contributed by atoms with E-state index in [1.807, 2.05) is 25.1 Å². The number of hydrogen-bond donors (Lipinski definition) is 2. The van der Waals surface area contributed by atoms with Crippen LogP contribution >= 0.6 is 12.6 Å². The summed E-state index contributed by atoms with van der Waals surface area (Å²) in [5.41, 5.74) is 2.78. The first-order valence-corrected chi connectivity index (χ1v) is 6.21. The van der Waals surface area contributed by atoms with E-state index >= 15 is 0 Å². The number of benzene rings is 1. The summed E-state index contributed by atoms with van der Waals surface area (Å²) in [6, 6.07) is 5.66. The highest BCUT2D eigenvalue weighted by molar-refractivity contribution is 7.79. The highest BCUT2D eigenvalue weighted by atomic mass is 32.1. The molecule has 4 nitrogen and oxygen atoms in total. The highest BCUT2D eigenvalue weighted by Gasteiger charge is 2.14. The van der Waals surface area contributed by atoms with E-state index in [-0.39, 0.29) is 0 Å². The number of imidazole rings is 1. The number of nitrogens with one attached hydrogen (secondary N) is 1. The van der Waals surface area contributed by atoms with Crippen molar-refractivity contribution >= 4 is 12.6 Å². The second kappa shape index (κ2) is 5.35. The Balaban J connectivity index is 2.56. The summed E-state index contributed by atoms with van der Waals surface area (Å²) in [4.78, 5) is 7.71. The van der Waals surface area contributed by atoms with Gasteiger partial charge < -0.3 is 14.5 Å². The lowest BCUT2D eigenvalue weighted by molar-refractivity contribution is 0.404. The van der Waals surface area contributed by atoms with Crippen LogP contribution in [0.25, 0.3) is 11.3 Å². The van der Waals surface area contributed by atoms with E-state index in [9.17, 15) is 0 Å². The molecule has 1 N–H and O–H groups in total. The van der Waals surface area contributed by atoms with Crippen LogP contribution < -0.4 is 9.47 Å². The SMILES string of the molecule is COc1ccc(OC)c(-c2nc(CS)[nH]c2C)c1. The molecule has 0 fully saturated rings. The summed E-state index contributed by atoms with van der Waals surface area (Å²) in [6.07, 6.45) is 0. The lowest BCUT2D eigenvalue weighted by atomic mass is 10.1. The Morgan fingerprint density at radius 3 is 2.61 bits per heavy atom. The third kappa shape index (κ3) is 2.31. The first-order valence-electron chi connectivity index (χ1n) is 5.58. The van der Waals surface area contributed by atoms with Crippen molar-refractivity contribution in [3.63, 3.8) is 0 Å². The molecule has 0 unspecified atom stereocenters. The van der Waals surface area contributed by atoms with Crippen molar-refractivity contribution in [2.75, 3.05) is 14.2 Å². The molecule has 0 spiro atoms. The Morgan fingerprint density at radius 1 is 1.28 bits per heavy atom. The molecule has 18 heavy (non-hydrogen) atoms. The number of ether oxygens (including phenoxy) is 2. The van der Waals surface area contributed by atoms with Gasteiger partial charge in [0, 0.05) is 17.0 Å². The van der Waals surface area contributed by atoms with Gasteiger partial charge in [-0.2, -0.15) is 12.6 Å². The topological polar surface area (TPSA) is 47.1 Å². The molecule has 0 radical (unpaired) electrons. The van der Waals surface area contributed by atoms with Gasteiger partial charge in [0.05, 0.1) is 19.9 Å². The van der Waals surface area contributed by atoms with E-state index in [4.69, 9.17) is 9.47 Å². The van der Waals surface area contributed by atoms with E-state index in [1.165, 1.54) is 0 Å². The lowest BCUT2D eigenvalue weighted by Gasteiger charge is -2.09. The molecular weight excluding hydrogens is 248 g/mol. The van der Waals surface area contributed by atoms with E-state index in [1.54, 1.807) is 14.2 Å². The van der Waals surface area contributed by atoms with Crippen molar-refractivity contribution in [1.82, 2.24) is 9.97 Å². The van der Waals surface area contributed by atoms with Gasteiger partial charge in [0.1, 0.15) is 17.3 Å². The molecule has 0 amide bonds. The number of aryl methyl sites for hydroxylation is 1. The summed E-state index contributed by atoms with van der Waals surface area (Å²) >= 11 is 4.22. The molecule has 96 valence electrons. The molecule has 5 heteroatoms. The van der Waals surface area contributed by atoms with Crippen molar-refractivity contribution in [2.45, 2.75) is 12.7 Å². The van der Waals surface area contributed by atoms with Crippen LogP contribution in [0.2, 0.25) is 0 Å². The largest absolute Gasteiger partial charge is 0.497 e. The number of thiol groups is 1. The molecule has 1 aromatic heterocycles. The molecule has 0 aliphatic heterocycles. The third-order valence-electron chi connectivity index (χ3n) is 2.75. The van der Waals surface area contributed by atoms with Crippen LogP contribution in [-0.4, -0.2) is 24.2 Å². The van der Waals surface area contributed by atoms with Crippen LogP contribution in [0.5, 0.6) is 11.5 Å². The van der Waals surface area contributed by atoms with Gasteiger partial charge in [0.15, 0.2) is 0 Å². The summed E-state index contributed by atoms with van der Waals surface area (Å²) in [5, 5.41) is 0. The minimum atomic E-state index is 0.577. The van der Waals surface area contributed by atoms with Crippen LogP contribution in [0.4, 0.5) is 0 Å². The van der Waals surface area contributed by atoms with Gasteiger partial charge >= 0.3 is 0 Å². The fourth-order valence-electron chi connectivity index (χ4n) is 1.86. The number of aromatic amines is 1. The summed E-state index contributed by atoms with van der Waals surface area (Å²) < 4.78 is 10.6. The van der Waals surface area contributed by atoms with Crippen molar-refractivity contribution in [1.29, 1.82) is 0 Å². The Bertz CT molecular complexity index is 552. The molecule has 0 atom stereocenters. The van der Waals surface area contributed by atoms with E-state index in [0.29, 0.717) is 5.75 Å². The molecule has 0 aliphatic rings. The number of methoxy groups -OCH3 is 2. The molecule has 1 heterocycles. The lowest BCUT2D eigenvalue weighted by Crippen LogP contribution is -1.91. The third-order valence-corrected chi connectivity index (χ3v) is 3.04. The minimum Gasteiger partial charge on any atom is -0.497 e. The molecular formula is C13H16N2O2S. The number of H-pyrrole nitrogens is 1. The Hall–Kier alpha value is -1.62. The van der Waals surface area contributed by atoms with Crippen molar-refractivity contribution < 1.29 is 9.47 Å².